The maximum absolute atomic E-state index is 11.3. The number of para-hydroxylation sites is 2. The average Bonchev–Trinajstić information content (AvgIpc) is 2.96. The van der Waals surface area contributed by atoms with E-state index in [1.54, 1.807) is 11.3 Å². The topological polar surface area (TPSA) is 45.7 Å². The number of benzene rings is 1. The molecule has 0 N–H and O–H groups in total. The van der Waals surface area contributed by atoms with E-state index in [0.717, 1.165) is 29.6 Å². The third kappa shape index (κ3) is 2.71. The van der Waals surface area contributed by atoms with Crippen LogP contribution in [-0.2, 0) is 16.0 Å². The summed E-state index contributed by atoms with van der Waals surface area (Å²) in [7, 11) is 3.49. The lowest BCUT2D eigenvalue weighted by Gasteiger charge is -2.35. The molecule has 1 aromatic carbocycles. The standard InChI is InChI=1S/C15H17N3O2S/c1-17-7-8-18(13-6-4-3-5-12(13)17)15-16-11(10-21-15)9-14(19)20-2/h3-6,10H,7-9H2,1-2H3. The number of carbonyl (C=O) groups excluding carboxylic acids is 1. The molecule has 3 rings (SSSR count). The summed E-state index contributed by atoms with van der Waals surface area (Å²) in [5.74, 6) is -0.259. The first kappa shape index (κ1) is 13.9. The molecule has 0 saturated carbocycles. The maximum atomic E-state index is 11.3. The average molecular weight is 303 g/mol. The highest BCUT2D eigenvalue weighted by Crippen LogP contribution is 2.37. The first-order chi connectivity index (χ1) is 10.2. The first-order valence-electron chi connectivity index (χ1n) is 6.78. The summed E-state index contributed by atoms with van der Waals surface area (Å²) in [5.41, 5.74) is 3.12. The fraction of sp³-hybridized carbons (Fsp3) is 0.333. The number of carbonyl (C=O) groups is 1. The van der Waals surface area contributed by atoms with Crippen molar-refractivity contribution < 1.29 is 9.53 Å². The molecule has 0 saturated heterocycles. The number of fused-ring (bicyclic) bond motifs is 1. The Bertz CT molecular complexity index is 656. The van der Waals surface area contributed by atoms with Crippen LogP contribution in [0.25, 0.3) is 0 Å². The highest BCUT2D eigenvalue weighted by atomic mass is 32.1. The van der Waals surface area contributed by atoms with Gasteiger partial charge in [-0.15, -0.1) is 11.3 Å². The third-order valence-electron chi connectivity index (χ3n) is 3.57. The van der Waals surface area contributed by atoms with E-state index in [0.29, 0.717) is 0 Å². The molecule has 0 aliphatic carbocycles. The van der Waals surface area contributed by atoms with Crippen molar-refractivity contribution in [2.24, 2.45) is 0 Å². The number of hydrogen-bond donors (Lipinski definition) is 0. The zero-order chi connectivity index (χ0) is 14.8. The molecule has 0 bridgehead atoms. The second-order valence-corrected chi connectivity index (χ2v) is 5.77. The van der Waals surface area contributed by atoms with Gasteiger partial charge in [-0.25, -0.2) is 4.98 Å². The molecule has 21 heavy (non-hydrogen) atoms. The van der Waals surface area contributed by atoms with Gasteiger partial charge >= 0.3 is 5.97 Å². The molecular weight excluding hydrogens is 286 g/mol. The number of hydrogen-bond acceptors (Lipinski definition) is 6. The van der Waals surface area contributed by atoms with Gasteiger partial charge in [0.2, 0.25) is 0 Å². The van der Waals surface area contributed by atoms with E-state index in [9.17, 15) is 4.79 Å². The minimum Gasteiger partial charge on any atom is -0.469 e. The Morgan fingerprint density at radius 3 is 2.86 bits per heavy atom. The molecule has 1 aliphatic rings. The van der Waals surface area contributed by atoms with Crippen molar-refractivity contribution in [2.75, 3.05) is 37.0 Å². The van der Waals surface area contributed by atoms with Gasteiger partial charge in [-0.05, 0) is 12.1 Å². The van der Waals surface area contributed by atoms with Crippen LogP contribution in [0.3, 0.4) is 0 Å². The van der Waals surface area contributed by atoms with Gasteiger partial charge < -0.3 is 14.5 Å². The monoisotopic (exact) mass is 303 g/mol. The van der Waals surface area contributed by atoms with Crippen LogP contribution in [0, 0.1) is 0 Å². The van der Waals surface area contributed by atoms with Gasteiger partial charge in [0.05, 0.1) is 30.6 Å². The quantitative estimate of drug-likeness (QED) is 0.815. The Balaban J connectivity index is 1.88. The third-order valence-corrected chi connectivity index (χ3v) is 4.48. The van der Waals surface area contributed by atoms with Crippen molar-refractivity contribution in [3.8, 4) is 0 Å². The van der Waals surface area contributed by atoms with Gasteiger partial charge in [0.25, 0.3) is 0 Å². The number of nitrogens with zero attached hydrogens (tertiary/aromatic N) is 3. The zero-order valence-electron chi connectivity index (χ0n) is 12.1. The summed E-state index contributed by atoms with van der Waals surface area (Å²) in [4.78, 5) is 20.4. The largest absolute Gasteiger partial charge is 0.469 e. The highest BCUT2D eigenvalue weighted by Gasteiger charge is 2.23. The number of anilines is 3. The van der Waals surface area contributed by atoms with E-state index in [1.165, 1.54) is 12.8 Å². The minimum absolute atomic E-state index is 0.225. The molecule has 0 fully saturated rings. The molecule has 1 aliphatic heterocycles. The van der Waals surface area contributed by atoms with Crippen LogP contribution in [0.1, 0.15) is 5.69 Å². The van der Waals surface area contributed by atoms with Gasteiger partial charge in [-0.2, -0.15) is 0 Å². The van der Waals surface area contributed by atoms with Gasteiger partial charge in [-0.1, -0.05) is 12.1 Å². The van der Waals surface area contributed by atoms with Crippen LogP contribution in [0.5, 0.6) is 0 Å². The number of ether oxygens (including phenoxy) is 1. The lowest BCUT2D eigenvalue weighted by molar-refractivity contribution is -0.139. The Kier molecular flexibility index (Phi) is 3.79. The Labute approximate surface area is 127 Å². The van der Waals surface area contributed by atoms with E-state index in [2.05, 4.69) is 38.7 Å². The van der Waals surface area contributed by atoms with Crippen LogP contribution < -0.4 is 9.80 Å². The van der Waals surface area contributed by atoms with Crippen molar-refractivity contribution in [2.45, 2.75) is 6.42 Å². The summed E-state index contributed by atoms with van der Waals surface area (Å²) in [5, 5.41) is 2.85. The minimum atomic E-state index is -0.259. The lowest BCUT2D eigenvalue weighted by Crippen LogP contribution is -2.36. The zero-order valence-corrected chi connectivity index (χ0v) is 12.9. The van der Waals surface area contributed by atoms with E-state index in [4.69, 9.17) is 0 Å². The highest BCUT2D eigenvalue weighted by molar-refractivity contribution is 7.13. The fourth-order valence-corrected chi connectivity index (χ4v) is 3.29. The van der Waals surface area contributed by atoms with Crippen LogP contribution in [0.4, 0.5) is 16.5 Å². The molecular formula is C15H17N3O2S. The van der Waals surface area contributed by atoms with Crippen molar-refractivity contribution >= 4 is 33.8 Å². The summed E-state index contributed by atoms with van der Waals surface area (Å²) >= 11 is 1.56. The Morgan fingerprint density at radius 2 is 2.10 bits per heavy atom. The molecule has 1 aromatic heterocycles. The molecule has 0 spiro atoms. The predicted molar refractivity (Wildman–Crippen MR) is 84.6 cm³/mol. The normalized spacial score (nSPS) is 14.0. The van der Waals surface area contributed by atoms with Crippen molar-refractivity contribution in [1.29, 1.82) is 0 Å². The van der Waals surface area contributed by atoms with Crippen LogP contribution >= 0.6 is 11.3 Å². The van der Waals surface area contributed by atoms with Crippen molar-refractivity contribution in [3.63, 3.8) is 0 Å². The van der Waals surface area contributed by atoms with E-state index >= 15 is 0 Å². The summed E-state index contributed by atoms with van der Waals surface area (Å²) in [6.45, 7) is 1.83. The number of methoxy groups -OCH3 is 1. The van der Waals surface area contributed by atoms with Crippen LogP contribution in [0.15, 0.2) is 29.6 Å². The molecule has 0 unspecified atom stereocenters. The smallest absolute Gasteiger partial charge is 0.311 e. The SMILES string of the molecule is COC(=O)Cc1csc(N2CCN(C)c3ccccc32)n1. The molecule has 6 heteroatoms. The summed E-state index contributed by atoms with van der Waals surface area (Å²) in [6.07, 6.45) is 0.225. The van der Waals surface area contributed by atoms with Gasteiger partial charge in [0, 0.05) is 25.5 Å². The van der Waals surface area contributed by atoms with Crippen LogP contribution in [-0.4, -0.2) is 38.2 Å². The number of rotatable bonds is 3. The van der Waals surface area contributed by atoms with Crippen molar-refractivity contribution in [3.05, 3.63) is 35.3 Å². The number of esters is 1. The summed E-state index contributed by atoms with van der Waals surface area (Å²) < 4.78 is 4.68. The molecule has 0 amide bonds. The van der Waals surface area contributed by atoms with E-state index < -0.39 is 0 Å². The molecule has 0 atom stereocenters. The summed E-state index contributed by atoms with van der Waals surface area (Å²) in [6, 6.07) is 8.30. The molecule has 0 radical (unpaired) electrons. The Morgan fingerprint density at radius 1 is 1.33 bits per heavy atom. The van der Waals surface area contributed by atoms with E-state index in [-0.39, 0.29) is 12.4 Å². The second-order valence-electron chi connectivity index (χ2n) is 4.94. The Hall–Kier alpha value is -2.08. The lowest BCUT2D eigenvalue weighted by atomic mass is 10.2. The molecule has 2 aromatic rings. The molecule has 110 valence electrons. The van der Waals surface area contributed by atoms with Gasteiger partial charge in [0.15, 0.2) is 5.13 Å². The van der Waals surface area contributed by atoms with Crippen LogP contribution in [0.2, 0.25) is 0 Å². The van der Waals surface area contributed by atoms with Gasteiger partial charge in [0.1, 0.15) is 0 Å². The first-order valence-corrected chi connectivity index (χ1v) is 7.66. The molecule has 5 nitrogen and oxygen atoms in total. The van der Waals surface area contributed by atoms with Gasteiger partial charge in [-0.3, -0.25) is 4.79 Å². The van der Waals surface area contributed by atoms with Crippen molar-refractivity contribution in [1.82, 2.24) is 4.98 Å². The fourth-order valence-electron chi connectivity index (χ4n) is 2.43. The number of aromatic nitrogens is 1. The predicted octanol–water partition coefficient (Wildman–Crippen LogP) is 2.45. The number of likely N-dealkylation sites (N-methyl/N-ethyl adjacent to an activating group) is 1. The second kappa shape index (κ2) is 5.73. The van der Waals surface area contributed by atoms with E-state index in [1.807, 2.05) is 17.5 Å². The molecule has 2 heterocycles. The number of thiazole rings is 1. The maximum Gasteiger partial charge on any atom is 0.311 e.